The molecule has 0 aliphatic carbocycles. The van der Waals surface area contributed by atoms with Gasteiger partial charge in [0.15, 0.2) is 5.82 Å². The Bertz CT molecular complexity index is 1130. The number of aromatic nitrogens is 2. The number of carbonyl (C=O) groups is 1. The van der Waals surface area contributed by atoms with Crippen LogP contribution in [-0.4, -0.2) is 46.5 Å². The molecular weight excluding hydrogens is 390 g/mol. The molecule has 1 aliphatic heterocycles. The van der Waals surface area contributed by atoms with Gasteiger partial charge in [0.2, 0.25) is 0 Å². The van der Waals surface area contributed by atoms with Crippen LogP contribution in [0.5, 0.6) is 0 Å². The van der Waals surface area contributed by atoms with E-state index in [9.17, 15) is 18.4 Å². The number of nitrogens with zero attached hydrogens (tertiary/aromatic N) is 4. The van der Waals surface area contributed by atoms with Gasteiger partial charge < -0.3 is 14.4 Å². The van der Waals surface area contributed by atoms with Crippen molar-refractivity contribution in [3.63, 3.8) is 0 Å². The highest BCUT2D eigenvalue weighted by Crippen LogP contribution is 2.18. The van der Waals surface area contributed by atoms with E-state index in [1.54, 1.807) is 4.57 Å². The molecule has 1 amide bonds. The second-order valence-corrected chi connectivity index (χ2v) is 7.32. The van der Waals surface area contributed by atoms with Gasteiger partial charge in [-0.25, -0.2) is 13.8 Å². The lowest BCUT2D eigenvalue weighted by Gasteiger charge is -2.35. The summed E-state index contributed by atoms with van der Waals surface area (Å²) in [5.74, 6) is -1.63. The van der Waals surface area contributed by atoms with Gasteiger partial charge in [-0.05, 0) is 30.7 Å². The van der Waals surface area contributed by atoms with Gasteiger partial charge >= 0.3 is 0 Å². The van der Waals surface area contributed by atoms with Crippen molar-refractivity contribution in [2.24, 2.45) is 0 Å². The molecule has 6 nitrogen and oxygen atoms in total. The van der Waals surface area contributed by atoms with Crippen LogP contribution in [0.25, 0.3) is 11.0 Å². The number of carbonyl (C=O) groups excluding carboxylic acids is 1. The first kappa shape index (κ1) is 20.0. The van der Waals surface area contributed by atoms with Crippen molar-refractivity contribution in [1.82, 2.24) is 14.5 Å². The van der Waals surface area contributed by atoms with Gasteiger partial charge in [-0.3, -0.25) is 9.59 Å². The first-order valence-electron chi connectivity index (χ1n) is 9.98. The van der Waals surface area contributed by atoms with Crippen LogP contribution >= 0.6 is 0 Å². The Morgan fingerprint density at radius 2 is 1.70 bits per heavy atom. The maximum absolute atomic E-state index is 13.4. The van der Waals surface area contributed by atoms with Crippen molar-refractivity contribution in [3.8, 4) is 0 Å². The molecule has 0 atom stereocenters. The van der Waals surface area contributed by atoms with Crippen LogP contribution in [0.3, 0.4) is 0 Å². The molecule has 1 aliphatic rings. The summed E-state index contributed by atoms with van der Waals surface area (Å²) < 4.78 is 28.6. The zero-order chi connectivity index (χ0) is 21.3. The summed E-state index contributed by atoms with van der Waals surface area (Å²) in [5, 5.41) is 0. The number of fused-ring (bicyclic) bond motifs is 1. The Kier molecular flexibility index (Phi) is 5.48. The number of piperazine rings is 1. The van der Waals surface area contributed by atoms with Crippen molar-refractivity contribution in [1.29, 1.82) is 0 Å². The molecule has 3 aromatic rings. The minimum Gasteiger partial charge on any atom is -0.348 e. The van der Waals surface area contributed by atoms with Crippen molar-refractivity contribution >= 4 is 22.8 Å². The van der Waals surface area contributed by atoms with Gasteiger partial charge in [-0.1, -0.05) is 19.1 Å². The maximum Gasteiger partial charge on any atom is 0.294 e. The molecule has 0 radical (unpaired) electrons. The first-order chi connectivity index (χ1) is 14.5. The predicted molar refractivity (Wildman–Crippen MR) is 111 cm³/mol. The lowest BCUT2D eigenvalue weighted by atomic mass is 10.1. The fourth-order valence-corrected chi connectivity index (χ4v) is 3.81. The number of halogens is 2. The molecule has 0 saturated carbocycles. The third-order valence-electron chi connectivity index (χ3n) is 5.26. The van der Waals surface area contributed by atoms with Gasteiger partial charge in [0.05, 0.1) is 11.0 Å². The molecule has 0 unspecified atom stereocenters. The number of hydrogen-bond donors (Lipinski definition) is 0. The highest BCUT2D eigenvalue weighted by Gasteiger charge is 2.26. The molecule has 1 aromatic heterocycles. The molecule has 8 heteroatoms. The number of hydrogen-bond acceptors (Lipinski definition) is 4. The topological polar surface area (TPSA) is 58.4 Å². The van der Waals surface area contributed by atoms with Crippen LogP contribution in [0.1, 0.15) is 23.7 Å². The Balaban J connectivity index is 1.57. The molecule has 0 spiro atoms. The van der Waals surface area contributed by atoms with Gasteiger partial charge in [0.1, 0.15) is 11.6 Å². The maximum atomic E-state index is 13.4. The average Bonchev–Trinajstić information content (AvgIpc) is 2.74. The van der Waals surface area contributed by atoms with E-state index in [0.717, 1.165) is 35.7 Å². The molecule has 30 heavy (non-hydrogen) atoms. The van der Waals surface area contributed by atoms with E-state index in [0.29, 0.717) is 38.5 Å². The Morgan fingerprint density at radius 1 is 1.03 bits per heavy atom. The summed E-state index contributed by atoms with van der Waals surface area (Å²) in [7, 11) is 0. The lowest BCUT2D eigenvalue weighted by molar-refractivity contribution is 0.0745. The molecule has 156 valence electrons. The van der Waals surface area contributed by atoms with Gasteiger partial charge in [0.25, 0.3) is 11.5 Å². The van der Waals surface area contributed by atoms with Crippen molar-refractivity contribution in [2.45, 2.75) is 19.9 Å². The number of rotatable bonds is 4. The standard InChI is InChI=1S/C22H22F2N4O2/c1-2-7-28-19-6-4-3-5-18(19)25-20(22(28)30)26-8-10-27(11-9-26)21(29)15-12-16(23)14-17(24)13-15/h3-6,12-14H,2,7-11H2,1H3. The van der Waals surface area contributed by atoms with Gasteiger partial charge in [-0.15, -0.1) is 0 Å². The normalized spacial score (nSPS) is 14.4. The highest BCUT2D eigenvalue weighted by atomic mass is 19.1. The van der Waals surface area contributed by atoms with E-state index in [1.807, 2.05) is 36.1 Å². The van der Waals surface area contributed by atoms with Crippen LogP contribution in [0, 0.1) is 11.6 Å². The predicted octanol–water partition coefficient (Wildman–Crippen LogP) is 3.05. The SMILES string of the molecule is CCCn1c(=O)c(N2CCN(C(=O)c3cc(F)cc(F)c3)CC2)nc2ccccc21. The third kappa shape index (κ3) is 3.77. The molecule has 1 fully saturated rings. The molecule has 2 heterocycles. The van der Waals surface area contributed by atoms with Crippen molar-refractivity contribution in [3.05, 3.63) is 70.0 Å². The summed E-state index contributed by atoms with van der Waals surface area (Å²) >= 11 is 0. The van der Waals surface area contributed by atoms with Crippen LogP contribution in [0.2, 0.25) is 0 Å². The number of benzene rings is 2. The average molecular weight is 412 g/mol. The molecule has 0 bridgehead atoms. The zero-order valence-electron chi connectivity index (χ0n) is 16.6. The third-order valence-corrected chi connectivity index (χ3v) is 5.26. The van der Waals surface area contributed by atoms with Crippen molar-refractivity contribution < 1.29 is 13.6 Å². The van der Waals surface area contributed by atoms with E-state index in [1.165, 1.54) is 4.90 Å². The number of aryl methyl sites for hydroxylation is 1. The van der Waals surface area contributed by atoms with Gasteiger partial charge in [-0.2, -0.15) is 0 Å². The Hall–Kier alpha value is -3.29. The van der Waals surface area contributed by atoms with Crippen LogP contribution in [0.15, 0.2) is 47.3 Å². The lowest BCUT2D eigenvalue weighted by Crippen LogP contribution is -2.50. The number of anilines is 1. The summed E-state index contributed by atoms with van der Waals surface area (Å²) in [6, 6.07) is 10.3. The summed E-state index contributed by atoms with van der Waals surface area (Å²) in [6.07, 6.45) is 0.819. The van der Waals surface area contributed by atoms with Crippen molar-refractivity contribution in [2.75, 3.05) is 31.1 Å². The second-order valence-electron chi connectivity index (χ2n) is 7.32. The van der Waals surface area contributed by atoms with E-state index >= 15 is 0 Å². The van der Waals surface area contributed by atoms with E-state index in [4.69, 9.17) is 0 Å². The fraction of sp³-hybridized carbons (Fsp3) is 0.318. The fourth-order valence-electron chi connectivity index (χ4n) is 3.81. The molecule has 1 saturated heterocycles. The first-order valence-corrected chi connectivity index (χ1v) is 9.98. The van der Waals surface area contributed by atoms with E-state index < -0.39 is 17.5 Å². The number of para-hydroxylation sites is 2. The minimum atomic E-state index is -0.783. The summed E-state index contributed by atoms with van der Waals surface area (Å²) in [4.78, 5) is 33.7. The largest absolute Gasteiger partial charge is 0.348 e. The quantitative estimate of drug-likeness (QED) is 0.661. The monoisotopic (exact) mass is 412 g/mol. The second kappa shape index (κ2) is 8.22. The van der Waals surface area contributed by atoms with Crippen LogP contribution in [-0.2, 0) is 6.54 Å². The molecule has 0 N–H and O–H groups in total. The summed E-state index contributed by atoms with van der Waals surface area (Å²) in [6.45, 7) is 4.10. The smallest absolute Gasteiger partial charge is 0.294 e. The highest BCUT2D eigenvalue weighted by molar-refractivity contribution is 5.94. The minimum absolute atomic E-state index is 0.0184. The zero-order valence-corrected chi connectivity index (χ0v) is 16.6. The Labute approximate surface area is 172 Å². The van der Waals surface area contributed by atoms with Gasteiger partial charge in [0, 0.05) is 44.4 Å². The van der Waals surface area contributed by atoms with E-state index in [2.05, 4.69) is 4.98 Å². The van der Waals surface area contributed by atoms with Crippen LogP contribution < -0.4 is 10.5 Å². The molecular formula is C22H22F2N4O2. The molecule has 4 rings (SSSR count). The summed E-state index contributed by atoms with van der Waals surface area (Å²) in [5.41, 5.74) is 1.38. The Morgan fingerprint density at radius 3 is 2.37 bits per heavy atom. The van der Waals surface area contributed by atoms with Crippen LogP contribution in [0.4, 0.5) is 14.6 Å². The number of amides is 1. The molecule has 2 aromatic carbocycles. The van der Waals surface area contributed by atoms with E-state index in [-0.39, 0.29) is 11.1 Å².